The molecule has 0 aromatic carbocycles. The fraction of sp³-hybridized carbons (Fsp3) is 1.00. The van der Waals surface area contributed by atoms with Crippen LogP contribution in [0, 0.1) is 0 Å². The maximum Gasteiger partial charge on any atom is 0.154 e. The molecular formula is C12H28O4Si. The van der Waals surface area contributed by atoms with E-state index in [-0.39, 0.29) is 22.1 Å². The molecule has 0 aliphatic heterocycles. The Labute approximate surface area is 108 Å². The largest absolute Gasteiger partial charge is 0.353 e. The van der Waals surface area contributed by atoms with Crippen molar-refractivity contribution in [1.82, 2.24) is 0 Å². The molecule has 0 amide bonds. The normalized spacial score (nSPS) is 11.6. The summed E-state index contributed by atoms with van der Waals surface area (Å²) in [5.41, 5.74) is 0. The molecule has 0 aliphatic carbocycles. The maximum absolute atomic E-state index is 5.52. The molecule has 0 aromatic heterocycles. The van der Waals surface area contributed by atoms with Gasteiger partial charge in [-0.05, 0) is 39.8 Å². The van der Waals surface area contributed by atoms with Crippen LogP contribution in [0.4, 0.5) is 0 Å². The zero-order chi connectivity index (χ0) is 12.9. The Morgan fingerprint density at radius 1 is 0.647 bits per heavy atom. The Balaban J connectivity index is 3.73. The molecule has 0 rings (SSSR count). The lowest BCUT2D eigenvalue weighted by Gasteiger charge is -2.19. The molecule has 17 heavy (non-hydrogen) atoms. The number of hydrogen-bond acceptors (Lipinski definition) is 4. The van der Waals surface area contributed by atoms with E-state index >= 15 is 0 Å². The summed E-state index contributed by atoms with van der Waals surface area (Å²) in [4.78, 5) is 0. The summed E-state index contributed by atoms with van der Waals surface area (Å²) in [5.74, 6) is 0. The van der Waals surface area contributed by atoms with E-state index in [2.05, 4.69) is 0 Å². The maximum atomic E-state index is 5.52. The van der Waals surface area contributed by atoms with Crippen molar-refractivity contribution in [2.75, 3.05) is 26.4 Å². The van der Waals surface area contributed by atoms with Crippen LogP contribution < -0.4 is 0 Å². The number of hydrogen-bond donors (Lipinski definition) is 0. The second-order valence-electron chi connectivity index (χ2n) is 3.61. The second kappa shape index (κ2) is 12.5. The molecule has 0 atom stereocenters. The van der Waals surface area contributed by atoms with Crippen molar-refractivity contribution in [3.63, 3.8) is 0 Å². The smallest absolute Gasteiger partial charge is 0.154 e. The van der Waals surface area contributed by atoms with Crippen molar-refractivity contribution >= 4 is 9.52 Å². The molecule has 0 radical (unpaired) electrons. The lowest BCUT2D eigenvalue weighted by Crippen LogP contribution is -2.23. The Morgan fingerprint density at radius 3 is 1.18 bits per heavy atom. The SMILES string of the molecule is CCOC(C[SiH2]CC(OCC)OCC)OCC. The molecule has 5 heteroatoms. The average Bonchev–Trinajstić information content (AvgIpc) is 2.30. The molecule has 0 spiro atoms. The molecular weight excluding hydrogens is 236 g/mol. The van der Waals surface area contributed by atoms with Gasteiger partial charge in [0.25, 0.3) is 0 Å². The van der Waals surface area contributed by atoms with E-state index in [1.54, 1.807) is 0 Å². The van der Waals surface area contributed by atoms with Gasteiger partial charge in [-0.2, -0.15) is 0 Å². The van der Waals surface area contributed by atoms with Crippen LogP contribution in [0.1, 0.15) is 27.7 Å². The van der Waals surface area contributed by atoms with E-state index in [0.29, 0.717) is 26.4 Å². The van der Waals surface area contributed by atoms with Crippen molar-refractivity contribution in [3.05, 3.63) is 0 Å². The average molecular weight is 264 g/mol. The van der Waals surface area contributed by atoms with Gasteiger partial charge in [0.15, 0.2) is 12.6 Å². The van der Waals surface area contributed by atoms with Crippen LogP contribution >= 0.6 is 0 Å². The zero-order valence-corrected chi connectivity index (χ0v) is 13.2. The zero-order valence-electron chi connectivity index (χ0n) is 11.7. The van der Waals surface area contributed by atoms with Gasteiger partial charge in [-0.3, -0.25) is 0 Å². The highest BCUT2D eigenvalue weighted by Crippen LogP contribution is 2.07. The standard InChI is InChI=1S/C12H28O4Si/c1-5-13-11(14-6-2)9-17-10-12(15-7-3)16-8-4/h11-12H,5-10,17H2,1-4H3. The Morgan fingerprint density at radius 2 is 0.941 bits per heavy atom. The van der Waals surface area contributed by atoms with E-state index in [4.69, 9.17) is 18.9 Å². The van der Waals surface area contributed by atoms with Gasteiger partial charge in [0, 0.05) is 35.9 Å². The lowest BCUT2D eigenvalue weighted by atomic mass is 10.7. The Kier molecular flexibility index (Phi) is 12.6. The highest BCUT2D eigenvalue weighted by Gasteiger charge is 2.12. The van der Waals surface area contributed by atoms with Crippen LogP contribution in [0.3, 0.4) is 0 Å². The molecule has 0 bridgehead atoms. The Hall–Kier alpha value is 0.0569. The summed E-state index contributed by atoms with van der Waals surface area (Å²) in [6.07, 6.45) is -0.0545. The highest BCUT2D eigenvalue weighted by atomic mass is 28.2. The fourth-order valence-electron chi connectivity index (χ4n) is 1.62. The van der Waals surface area contributed by atoms with Gasteiger partial charge >= 0.3 is 0 Å². The van der Waals surface area contributed by atoms with Crippen molar-refractivity contribution in [3.8, 4) is 0 Å². The molecule has 0 unspecified atom stereocenters. The van der Waals surface area contributed by atoms with E-state index in [1.807, 2.05) is 27.7 Å². The van der Waals surface area contributed by atoms with Crippen molar-refractivity contribution in [1.29, 1.82) is 0 Å². The second-order valence-corrected chi connectivity index (χ2v) is 5.47. The molecule has 0 saturated heterocycles. The van der Waals surface area contributed by atoms with Gasteiger partial charge < -0.3 is 18.9 Å². The van der Waals surface area contributed by atoms with Crippen LogP contribution in [-0.4, -0.2) is 48.5 Å². The van der Waals surface area contributed by atoms with Crippen molar-refractivity contribution in [2.24, 2.45) is 0 Å². The van der Waals surface area contributed by atoms with E-state index in [9.17, 15) is 0 Å². The van der Waals surface area contributed by atoms with Crippen molar-refractivity contribution in [2.45, 2.75) is 52.4 Å². The summed E-state index contributed by atoms with van der Waals surface area (Å²) in [5, 5.41) is 0. The third kappa shape index (κ3) is 9.73. The first-order chi connectivity index (χ1) is 8.28. The molecule has 0 saturated carbocycles. The monoisotopic (exact) mass is 264 g/mol. The molecule has 104 valence electrons. The first kappa shape index (κ1) is 17.1. The predicted molar refractivity (Wildman–Crippen MR) is 72.2 cm³/mol. The first-order valence-corrected chi connectivity index (χ1v) is 8.74. The third-order valence-electron chi connectivity index (χ3n) is 2.29. The van der Waals surface area contributed by atoms with Crippen LogP contribution in [0.25, 0.3) is 0 Å². The predicted octanol–water partition coefficient (Wildman–Crippen LogP) is 1.79. The number of ether oxygens (including phenoxy) is 4. The van der Waals surface area contributed by atoms with Crippen LogP contribution in [-0.2, 0) is 18.9 Å². The fourth-order valence-corrected chi connectivity index (χ4v) is 3.19. The molecule has 0 N–H and O–H groups in total. The summed E-state index contributed by atoms with van der Waals surface area (Å²) in [7, 11) is -0.265. The summed E-state index contributed by atoms with van der Waals surface area (Å²) in [6, 6.07) is 2.05. The van der Waals surface area contributed by atoms with Crippen LogP contribution in [0.2, 0.25) is 12.1 Å². The highest BCUT2D eigenvalue weighted by molar-refractivity contribution is 6.35. The molecule has 0 heterocycles. The van der Waals surface area contributed by atoms with Gasteiger partial charge in [0.1, 0.15) is 0 Å². The van der Waals surface area contributed by atoms with Gasteiger partial charge in [0.2, 0.25) is 0 Å². The molecule has 0 fully saturated rings. The third-order valence-corrected chi connectivity index (χ3v) is 4.05. The van der Waals surface area contributed by atoms with Gasteiger partial charge in [-0.25, -0.2) is 0 Å². The molecule has 0 aromatic rings. The van der Waals surface area contributed by atoms with Gasteiger partial charge in [0.05, 0.1) is 0 Å². The summed E-state index contributed by atoms with van der Waals surface area (Å²) < 4.78 is 22.1. The van der Waals surface area contributed by atoms with Crippen molar-refractivity contribution < 1.29 is 18.9 Å². The minimum atomic E-state index is -0.265. The minimum Gasteiger partial charge on any atom is -0.353 e. The molecule has 0 aliphatic rings. The number of rotatable bonds is 12. The topological polar surface area (TPSA) is 36.9 Å². The minimum absolute atomic E-state index is 0.0273. The summed E-state index contributed by atoms with van der Waals surface area (Å²) >= 11 is 0. The van der Waals surface area contributed by atoms with E-state index in [1.165, 1.54) is 0 Å². The van der Waals surface area contributed by atoms with Gasteiger partial charge in [-0.1, -0.05) is 0 Å². The lowest BCUT2D eigenvalue weighted by molar-refractivity contribution is -0.127. The first-order valence-electron chi connectivity index (χ1n) is 6.74. The van der Waals surface area contributed by atoms with Crippen LogP contribution in [0.5, 0.6) is 0 Å². The van der Waals surface area contributed by atoms with E-state index in [0.717, 1.165) is 12.1 Å². The van der Waals surface area contributed by atoms with Gasteiger partial charge in [-0.15, -0.1) is 0 Å². The quantitative estimate of drug-likeness (QED) is 0.398. The van der Waals surface area contributed by atoms with E-state index < -0.39 is 0 Å². The molecule has 4 nitrogen and oxygen atoms in total. The summed E-state index contributed by atoms with van der Waals surface area (Å²) in [6.45, 7) is 10.8. The Bertz CT molecular complexity index is 129. The van der Waals surface area contributed by atoms with Crippen LogP contribution in [0.15, 0.2) is 0 Å².